The molecule has 100 valence electrons. The summed E-state index contributed by atoms with van der Waals surface area (Å²) in [5.74, 6) is 0. The molecule has 1 aromatic heterocycles. The van der Waals surface area contributed by atoms with Gasteiger partial charge in [-0.05, 0) is 12.5 Å². The van der Waals surface area contributed by atoms with Crippen LogP contribution in [0.5, 0.6) is 0 Å². The number of aromatic nitrogens is 2. The Morgan fingerprint density at radius 1 is 1.37 bits per heavy atom. The van der Waals surface area contributed by atoms with Crippen LogP contribution in [0.3, 0.4) is 0 Å². The molecule has 0 aliphatic carbocycles. The normalized spacial score (nSPS) is 24.7. The minimum Gasteiger partial charge on any atom is -0.317 e. The van der Waals surface area contributed by atoms with Gasteiger partial charge in [0.1, 0.15) is 0 Å². The largest absolute Gasteiger partial charge is 0.345 e. The number of hydrogen-bond acceptors (Lipinski definition) is 3. The van der Waals surface area contributed by atoms with Gasteiger partial charge >= 0.3 is 6.03 Å². The number of nitrogens with one attached hydrogen (secondary N) is 1. The van der Waals surface area contributed by atoms with Crippen LogP contribution >= 0.6 is 12.4 Å². The maximum absolute atomic E-state index is 12.5. The molecule has 2 bridgehead atoms. The van der Waals surface area contributed by atoms with Crippen molar-refractivity contribution in [1.29, 1.82) is 0 Å². The summed E-state index contributed by atoms with van der Waals surface area (Å²) in [6, 6.07) is 8.62. The number of nitrogens with zero attached hydrogens (tertiary/aromatic N) is 3. The maximum atomic E-state index is 12.5. The van der Waals surface area contributed by atoms with E-state index in [1.807, 2.05) is 29.2 Å². The molecular formula is C13H15ClN4O. The van der Waals surface area contributed by atoms with Crippen LogP contribution < -0.4 is 5.32 Å². The fourth-order valence-electron chi connectivity index (χ4n) is 3.04. The number of piperazine rings is 1. The molecule has 3 heterocycles. The number of amides is 1. The van der Waals surface area contributed by atoms with Crippen molar-refractivity contribution >= 4 is 29.3 Å². The highest BCUT2D eigenvalue weighted by Gasteiger charge is 2.40. The van der Waals surface area contributed by atoms with E-state index >= 15 is 0 Å². The number of carbonyl (C=O) groups excluding carboxylic acids is 1. The van der Waals surface area contributed by atoms with Gasteiger partial charge in [-0.3, -0.25) is 0 Å². The Bertz CT molecular complexity index is 626. The summed E-state index contributed by atoms with van der Waals surface area (Å²) in [5.41, 5.74) is 0.887. The summed E-state index contributed by atoms with van der Waals surface area (Å²) in [6.45, 7) is 1.72. The Morgan fingerprint density at radius 3 is 2.95 bits per heavy atom. The third-order valence-corrected chi connectivity index (χ3v) is 3.96. The minimum absolute atomic E-state index is 0. The SMILES string of the molecule is Cl.O=C(N1C[C@@H]2C[C@H]1CN2)n1ncc2ccccc21. The number of benzene rings is 1. The summed E-state index contributed by atoms with van der Waals surface area (Å²) in [6.07, 6.45) is 2.82. The highest BCUT2D eigenvalue weighted by molar-refractivity contribution is 5.90. The second-order valence-corrected chi connectivity index (χ2v) is 5.04. The molecule has 19 heavy (non-hydrogen) atoms. The van der Waals surface area contributed by atoms with E-state index in [1.165, 1.54) is 4.68 Å². The molecule has 0 unspecified atom stereocenters. The van der Waals surface area contributed by atoms with Gasteiger partial charge in [0.15, 0.2) is 0 Å². The lowest BCUT2D eigenvalue weighted by molar-refractivity contribution is 0.184. The first kappa shape index (κ1) is 12.4. The van der Waals surface area contributed by atoms with Gasteiger partial charge in [0.25, 0.3) is 0 Å². The lowest BCUT2D eigenvalue weighted by atomic mass is 10.2. The first-order valence-electron chi connectivity index (χ1n) is 6.30. The molecule has 2 aliphatic heterocycles. The average Bonchev–Trinajstić information content (AvgIpc) is 3.12. The zero-order valence-corrected chi connectivity index (χ0v) is 11.1. The van der Waals surface area contributed by atoms with Crippen molar-refractivity contribution in [2.24, 2.45) is 0 Å². The molecular weight excluding hydrogens is 264 g/mol. The molecule has 1 amide bonds. The molecule has 5 nitrogen and oxygen atoms in total. The van der Waals surface area contributed by atoms with Gasteiger partial charge in [0, 0.05) is 30.6 Å². The molecule has 6 heteroatoms. The van der Waals surface area contributed by atoms with Gasteiger partial charge in [-0.25, -0.2) is 4.79 Å². The predicted octanol–water partition coefficient (Wildman–Crippen LogP) is 1.47. The molecule has 2 saturated heterocycles. The first-order chi connectivity index (χ1) is 8.83. The molecule has 1 N–H and O–H groups in total. The number of halogens is 1. The Hall–Kier alpha value is -1.59. The molecule has 4 rings (SSSR count). The third-order valence-electron chi connectivity index (χ3n) is 3.96. The van der Waals surface area contributed by atoms with E-state index in [-0.39, 0.29) is 18.4 Å². The quantitative estimate of drug-likeness (QED) is 0.794. The van der Waals surface area contributed by atoms with Crippen LogP contribution in [0, 0.1) is 0 Å². The zero-order valence-electron chi connectivity index (χ0n) is 10.3. The van der Waals surface area contributed by atoms with E-state index in [9.17, 15) is 4.79 Å². The summed E-state index contributed by atoms with van der Waals surface area (Å²) in [5, 5.41) is 8.64. The van der Waals surface area contributed by atoms with Crippen molar-refractivity contribution in [3.05, 3.63) is 30.5 Å². The summed E-state index contributed by atoms with van der Waals surface area (Å²) in [4.78, 5) is 14.5. The molecule has 0 saturated carbocycles. The molecule has 2 fully saturated rings. The number of fused-ring (bicyclic) bond motifs is 3. The number of likely N-dealkylation sites (tertiary alicyclic amines) is 1. The standard InChI is InChI=1S/C13H14N4O.ClH/c18-13(16-8-10-5-11(16)7-14-10)17-12-4-2-1-3-9(12)6-15-17;/h1-4,6,10-11,14H,5,7-8H2;1H/t10-,11-;/m0./s1. The molecule has 2 atom stereocenters. The molecule has 0 radical (unpaired) electrons. The van der Waals surface area contributed by atoms with E-state index in [4.69, 9.17) is 0 Å². The molecule has 2 aliphatic rings. The van der Waals surface area contributed by atoms with Crippen LogP contribution in [0.15, 0.2) is 30.5 Å². The van der Waals surface area contributed by atoms with Crippen LogP contribution in [0.2, 0.25) is 0 Å². The third kappa shape index (κ3) is 1.81. The highest BCUT2D eigenvalue weighted by atomic mass is 35.5. The summed E-state index contributed by atoms with van der Waals surface area (Å²) < 4.78 is 1.52. The van der Waals surface area contributed by atoms with Crippen molar-refractivity contribution in [3.8, 4) is 0 Å². The number of hydrogen-bond donors (Lipinski definition) is 1. The lowest BCUT2D eigenvalue weighted by Crippen LogP contribution is -2.48. The van der Waals surface area contributed by atoms with Gasteiger partial charge < -0.3 is 10.2 Å². The van der Waals surface area contributed by atoms with Crippen molar-refractivity contribution < 1.29 is 4.79 Å². The lowest BCUT2D eigenvalue weighted by Gasteiger charge is -2.27. The van der Waals surface area contributed by atoms with Crippen LogP contribution in [0.25, 0.3) is 10.9 Å². The predicted molar refractivity (Wildman–Crippen MR) is 74.7 cm³/mol. The van der Waals surface area contributed by atoms with Gasteiger partial charge in [0.05, 0.1) is 11.7 Å². The minimum atomic E-state index is 0. The van der Waals surface area contributed by atoms with Crippen LogP contribution in [0.1, 0.15) is 6.42 Å². The van der Waals surface area contributed by atoms with Gasteiger partial charge in [-0.2, -0.15) is 9.78 Å². The Morgan fingerprint density at radius 2 is 2.21 bits per heavy atom. The number of carbonyl (C=O) groups is 1. The summed E-state index contributed by atoms with van der Waals surface area (Å²) >= 11 is 0. The molecule has 2 aromatic rings. The first-order valence-corrected chi connectivity index (χ1v) is 6.30. The van der Waals surface area contributed by atoms with Crippen LogP contribution in [-0.2, 0) is 0 Å². The van der Waals surface area contributed by atoms with E-state index in [2.05, 4.69) is 10.4 Å². The fraction of sp³-hybridized carbons (Fsp3) is 0.385. The molecule has 1 aromatic carbocycles. The van der Waals surface area contributed by atoms with E-state index in [0.29, 0.717) is 12.1 Å². The summed E-state index contributed by atoms with van der Waals surface area (Å²) in [7, 11) is 0. The second kappa shape index (κ2) is 4.51. The topological polar surface area (TPSA) is 50.2 Å². The molecule has 0 spiro atoms. The average molecular weight is 279 g/mol. The van der Waals surface area contributed by atoms with Crippen molar-refractivity contribution in [1.82, 2.24) is 20.0 Å². The van der Waals surface area contributed by atoms with Crippen molar-refractivity contribution in [2.75, 3.05) is 13.1 Å². The van der Waals surface area contributed by atoms with Gasteiger partial charge in [-0.1, -0.05) is 18.2 Å². The number of rotatable bonds is 0. The van der Waals surface area contributed by atoms with Crippen molar-refractivity contribution in [3.63, 3.8) is 0 Å². The smallest absolute Gasteiger partial charge is 0.317 e. The Kier molecular flexibility index (Phi) is 2.95. The number of para-hydroxylation sites is 1. The van der Waals surface area contributed by atoms with E-state index in [0.717, 1.165) is 30.4 Å². The van der Waals surface area contributed by atoms with E-state index in [1.54, 1.807) is 6.20 Å². The second-order valence-electron chi connectivity index (χ2n) is 5.04. The van der Waals surface area contributed by atoms with Crippen LogP contribution in [0.4, 0.5) is 4.79 Å². The Balaban J connectivity index is 0.00000110. The van der Waals surface area contributed by atoms with Crippen LogP contribution in [-0.4, -0.2) is 45.9 Å². The highest BCUT2D eigenvalue weighted by Crippen LogP contribution is 2.24. The zero-order chi connectivity index (χ0) is 12.1. The maximum Gasteiger partial charge on any atom is 0.345 e. The monoisotopic (exact) mass is 278 g/mol. The van der Waals surface area contributed by atoms with E-state index < -0.39 is 0 Å². The van der Waals surface area contributed by atoms with Gasteiger partial charge in [-0.15, -0.1) is 12.4 Å². The Labute approximate surface area is 117 Å². The van der Waals surface area contributed by atoms with Gasteiger partial charge in [0.2, 0.25) is 0 Å². The van der Waals surface area contributed by atoms with Crippen molar-refractivity contribution in [2.45, 2.75) is 18.5 Å². The fourth-order valence-corrected chi connectivity index (χ4v) is 3.04.